The molecule has 0 aliphatic carbocycles. The molecular formula is C11H18N2O3S. The van der Waals surface area contributed by atoms with Crippen LogP contribution in [0.5, 0.6) is 0 Å². The average Bonchev–Trinajstić information content (AvgIpc) is 2.13. The van der Waals surface area contributed by atoms with E-state index < -0.39 is 15.6 Å². The van der Waals surface area contributed by atoms with E-state index in [0.29, 0.717) is 11.3 Å². The Bertz CT molecular complexity index is 504. The molecule has 0 bridgehead atoms. The third-order valence-corrected chi connectivity index (χ3v) is 3.74. The number of nitrogens with one attached hydrogen (secondary N) is 1. The normalized spacial score (nSPS) is 12.7. The Labute approximate surface area is 102 Å². The van der Waals surface area contributed by atoms with E-state index in [-0.39, 0.29) is 11.4 Å². The van der Waals surface area contributed by atoms with Crippen LogP contribution in [0.3, 0.4) is 0 Å². The molecule has 0 fully saturated rings. The summed E-state index contributed by atoms with van der Waals surface area (Å²) in [5, 5.41) is 9.49. The van der Waals surface area contributed by atoms with Gasteiger partial charge in [-0.1, -0.05) is 0 Å². The molecule has 1 aromatic carbocycles. The minimum Gasteiger partial charge on any atom is -0.399 e. The smallest absolute Gasteiger partial charge is 0.240 e. The van der Waals surface area contributed by atoms with Gasteiger partial charge in [0, 0.05) is 12.2 Å². The molecule has 0 unspecified atom stereocenters. The number of sulfonamides is 1. The summed E-state index contributed by atoms with van der Waals surface area (Å²) in [7, 11) is -3.61. The number of rotatable bonds is 4. The molecule has 4 N–H and O–H groups in total. The fraction of sp³-hybridized carbons (Fsp3) is 0.455. The maximum atomic E-state index is 11.9. The van der Waals surface area contributed by atoms with Crippen LogP contribution in [0.4, 0.5) is 5.69 Å². The second kappa shape index (κ2) is 4.64. The third kappa shape index (κ3) is 3.99. The zero-order valence-corrected chi connectivity index (χ0v) is 11.0. The molecule has 17 heavy (non-hydrogen) atoms. The molecular weight excluding hydrogens is 240 g/mol. The van der Waals surface area contributed by atoms with Crippen LogP contribution in [0, 0.1) is 6.92 Å². The number of aliphatic hydroxyl groups is 1. The monoisotopic (exact) mass is 258 g/mol. The van der Waals surface area contributed by atoms with Gasteiger partial charge in [-0.25, -0.2) is 13.1 Å². The molecule has 0 atom stereocenters. The average molecular weight is 258 g/mol. The van der Waals surface area contributed by atoms with Crippen molar-refractivity contribution in [3.05, 3.63) is 23.8 Å². The first-order chi connectivity index (χ1) is 7.62. The number of nitrogen functional groups attached to an aromatic ring is 1. The molecule has 0 saturated heterocycles. The molecule has 0 aliphatic heterocycles. The number of hydrogen-bond acceptors (Lipinski definition) is 4. The van der Waals surface area contributed by atoms with E-state index >= 15 is 0 Å². The molecule has 0 spiro atoms. The predicted octanol–water partition coefficient (Wildman–Crippen LogP) is 0.626. The summed E-state index contributed by atoms with van der Waals surface area (Å²) in [5.74, 6) is 0. The van der Waals surface area contributed by atoms with Crippen molar-refractivity contribution in [1.29, 1.82) is 0 Å². The molecule has 0 aromatic heterocycles. The highest BCUT2D eigenvalue weighted by Crippen LogP contribution is 2.17. The zero-order chi connectivity index (χ0) is 13.3. The van der Waals surface area contributed by atoms with E-state index in [2.05, 4.69) is 4.72 Å². The highest BCUT2D eigenvalue weighted by molar-refractivity contribution is 7.89. The lowest BCUT2D eigenvalue weighted by atomic mass is 10.1. The minimum absolute atomic E-state index is 0.0425. The Morgan fingerprint density at radius 2 is 2.00 bits per heavy atom. The van der Waals surface area contributed by atoms with Gasteiger partial charge in [0.25, 0.3) is 0 Å². The SMILES string of the molecule is Cc1cc(N)ccc1S(=O)(=O)NCC(C)(C)O. The van der Waals surface area contributed by atoms with Gasteiger partial charge in [0.15, 0.2) is 0 Å². The first kappa shape index (κ1) is 14.0. The van der Waals surface area contributed by atoms with Crippen molar-refractivity contribution < 1.29 is 13.5 Å². The Morgan fingerprint density at radius 3 is 2.47 bits per heavy atom. The van der Waals surface area contributed by atoms with Crippen LogP contribution in [0.15, 0.2) is 23.1 Å². The Balaban J connectivity index is 2.98. The maximum Gasteiger partial charge on any atom is 0.240 e. The van der Waals surface area contributed by atoms with Crippen molar-refractivity contribution in [3.8, 4) is 0 Å². The first-order valence-electron chi connectivity index (χ1n) is 5.20. The van der Waals surface area contributed by atoms with E-state index in [1.807, 2.05) is 0 Å². The van der Waals surface area contributed by atoms with Gasteiger partial charge >= 0.3 is 0 Å². The number of aryl methyl sites for hydroxylation is 1. The van der Waals surface area contributed by atoms with Crippen LogP contribution in [0.1, 0.15) is 19.4 Å². The van der Waals surface area contributed by atoms with Crippen molar-refractivity contribution in [2.24, 2.45) is 0 Å². The highest BCUT2D eigenvalue weighted by atomic mass is 32.2. The second-order valence-corrected chi connectivity index (χ2v) is 6.40. The minimum atomic E-state index is -3.61. The standard InChI is InChI=1S/C11H18N2O3S/c1-8-6-9(12)4-5-10(8)17(15,16)13-7-11(2,3)14/h4-6,13-14H,7,12H2,1-3H3. The Morgan fingerprint density at radius 1 is 1.41 bits per heavy atom. The van der Waals surface area contributed by atoms with Crippen molar-refractivity contribution in [2.75, 3.05) is 12.3 Å². The van der Waals surface area contributed by atoms with Crippen LogP contribution in [-0.2, 0) is 10.0 Å². The fourth-order valence-electron chi connectivity index (χ4n) is 1.32. The molecule has 6 heteroatoms. The molecule has 0 radical (unpaired) electrons. The van der Waals surface area contributed by atoms with Crippen LogP contribution < -0.4 is 10.5 Å². The quantitative estimate of drug-likeness (QED) is 0.690. The summed E-state index contributed by atoms with van der Waals surface area (Å²) in [6.45, 7) is 4.70. The summed E-state index contributed by atoms with van der Waals surface area (Å²) >= 11 is 0. The third-order valence-electron chi connectivity index (χ3n) is 2.18. The molecule has 0 aliphatic rings. The molecule has 0 saturated carbocycles. The summed E-state index contributed by atoms with van der Waals surface area (Å²) in [4.78, 5) is 0.177. The summed E-state index contributed by atoms with van der Waals surface area (Å²) < 4.78 is 26.3. The first-order valence-corrected chi connectivity index (χ1v) is 6.68. The van der Waals surface area contributed by atoms with Gasteiger partial charge in [-0.3, -0.25) is 0 Å². The van der Waals surface area contributed by atoms with Gasteiger partial charge in [-0.05, 0) is 44.5 Å². The van der Waals surface area contributed by atoms with E-state index in [0.717, 1.165) is 0 Å². The highest BCUT2D eigenvalue weighted by Gasteiger charge is 2.21. The van der Waals surface area contributed by atoms with E-state index in [1.165, 1.54) is 26.0 Å². The Hall–Kier alpha value is -1.11. The van der Waals surface area contributed by atoms with Crippen molar-refractivity contribution in [3.63, 3.8) is 0 Å². The topological polar surface area (TPSA) is 92.4 Å². The van der Waals surface area contributed by atoms with Gasteiger partial charge in [-0.2, -0.15) is 0 Å². The number of hydrogen-bond donors (Lipinski definition) is 3. The fourth-order valence-corrected chi connectivity index (χ4v) is 2.75. The molecule has 1 rings (SSSR count). The van der Waals surface area contributed by atoms with Crippen LogP contribution in [0.25, 0.3) is 0 Å². The molecule has 0 heterocycles. The van der Waals surface area contributed by atoms with E-state index in [1.54, 1.807) is 13.0 Å². The number of nitrogens with two attached hydrogens (primary N) is 1. The molecule has 5 nitrogen and oxygen atoms in total. The van der Waals surface area contributed by atoms with Gasteiger partial charge in [0.2, 0.25) is 10.0 Å². The summed E-state index contributed by atoms with van der Waals surface area (Å²) in [6, 6.07) is 4.58. The number of anilines is 1. The lowest BCUT2D eigenvalue weighted by Crippen LogP contribution is -2.38. The van der Waals surface area contributed by atoms with E-state index in [9.17, 15) is 13.5 Å². The van der Waals surface area contributed by atoms with Crippen molar-refractivity contribution >= 4 is 15.7 Å². The van der Waals surface area contributed by atoms with Gasteiger partial charge in [0.1, 0.15) is 0 Å². The van der Waals surface area contributed by atoms with Crippen molar-refractivity contribution in [1.82, 2.24) is 4.72 Å². The van der Waals surface area contributed by atoms with E-state index in [4.69, 9.17) is 5.73 Å². The molecule has 96 valence electrons. The Kier molecular flexibility index (Phi) is 3.81. The molecule has 1 aromatic rings. The second-order valence-electron chi connectivity index (χ2n) is 4.66. The van der Waals surface area contributed by atoms with Crippen LogP contribution >= 0.6 is 0 Å². The zero-order valence-electron chi connectivity index (χ0n) is 10.2. The largest absolute Gasteiger partial charge is 0.399 e. The van der Waals surface area contributed by atoms with Crippen molar-refractivity contribution in [2.45, 2.75) is 31.3 Å². The maximum absolute atomic E-state index is 11.9. The predicted molar refractivity (Wildman–Crippen MR) is 67.1 cm³/mol. The van der Waals surface area contributed by atoms with Crippen LogP contribution in [-0.4, -0.2) is 25.7 Å². The lowest BCUT2D eigenvalue weighted by Gasteiger charge is -2.18. The van der Waals surface area contributed by atoms with Gasteiger partial charge in [0.05, 0.1) is 10.5 Å². The molecule has 0 amide bonds. The lowest BCUT2D eigenvalue weighted by molar-refractivity contribution is 0.0857. The van der Waals surface area contributed by atoms with Crippen LogP contribution in [0.2, 0.25) is 0 Å². The summed E-state index contributed by atoms with van der Waals surface area (Å²) in [6.07, 6.45) is 0. The van der Waals surface area contributed by atoms with Gasteiger partial charge < -0.3 is 10.8 Å². The van der Waals surface area contributed by atoms with Gasteiger partial charge in [-0.15, -0.1) is 0 Å². The summed E-state index contributed by atoms with van der Waals surface area (Å²) in [5.41, 5.74) is 5.56. The number of benzene rings is 1.